The van der Waals surface area contributed by atoms with Crippen LogP contribution in [0.25, 0.3) is 0 Å². The van der Waals surface area contributed by atoms with E-state index in [0.717, 1.165) is 16.2 Å². The smallest absolute Gasteiger partial charge is 0.276 e. The monoisotopic (exact) mass is 545 g/mol. The third-order valence-corrected chi connectivity index (χ3v) is 7.42. The Morgan fingerprint density at radius 2 is 2.14 bits per heavy atom. The first kappa shape index (κ1) is 25.8. The summed E-state index contributed by atoms with van der Waals surface area (Å²) >= 11 is 2.34. The molecule has 16 heteroatoms. The lowest BCUT2D eigenvalue weighted by atomic mass is 10.0. The standard InChI is InChI=1S/C21H19N7O7S2/c1-35-26-14(13-8-37-21(24-13)23-10-30)17(31)25-15-18(32)28-16(20(33)34)11(7-36-19(15)28)5-27-4-2-3-12(6-27)22-9-29/h2-4,6,8-10,15,19H,5,7H2,1H3,(H3-,22,23,24,25,29,30,31,33,34)/t15?,19-/m0/s1. The number of thioether (sulfide) groups is 1. The summed E-state index contributed by atoms with van der Waals surface area (Å²) < 4.78 is 1.67. The van der Waals surface area contributed by atoms with E-state index in [1.165, 1.54) is 24.3 Å². The maximum atomic E-state index is 13.0. The number of pyridine rings is 1. The molecule has 0 radical (unpaired) electrons. The van der Waals surface area contributed by atoms with Gasteiger partial charge in [0, 0.05) is 22.8 Å². The molecule has 1 fully saturated rings. The normalized spacial score (nSPS) is 18.9. The Balaban J connectivity index is 1.52. The number of hydrogen-bond donors (Lipinski definition) is 3. The predicted octanol–water partition coefficient (Wildman–Crippen LogP) is -1.98. The van der Waals surface area contributed by atoms with Crippen molar-refractivity contribution >= 4 is 70.2 Å². The molecule has 4 amide bonds. The van der Waals surface area contributed by atoms with Crippen LogP contribution < -0.4 is 25.6 Å². The lowest BCUT2D eigenvalue weighted by Crippen LogP contribution is -2.71. The average molecular weight is 546 g/mol. The van der Waals surface area contributed by atoms with Gasteiger partial charge in [-0.15, -0.1) is 23.1 Å². The maximum absolute atomic E-state index is 13.0. The van der Waals surface area contributed by atoms with Crippen molar-refractivity contribution in [1.82, 2.24) is 15.2 Å². The summed E-state index contributed by atoms with van der Waals surface area (Å²) in [6.07, 6.45) is 4.28. The summed E-state index contributed by atoms with van der Waals surface area (Å²) in [6, 6.07) is 2.33. The fourth-order valence-corrected chi connectivity index (χ4v) is 5.78. The number of anilines is 2. The topological polar surface area (TPSA) is 186 Å². The van der Waals surface area contributed by atoms with Crippen molar-refractivity contribution in [2.24, 2.45) is 5.16 Å². The summed E-state index contributed by atoms with van der Waals surface area (Å²) in [5.74, 6) is -2.64. The molecule has 192 valence electrons. The van der Waals surface area contributed by atoms with Crippen LogP contribution in [0.2, 0.25) is 0 Å². The van der Waals surface area contributed by atoms with Crippen molar-refractivity contribution in [3.05, 3.63) is 46.9 Å². The van der Waals surface area contributed by atoms with E-state index >= 15 is 0 Å². The lowest BCUT2D eigenvalue weighted by Gasteiger charge is -2.50. The Bertz CT molecular complexity index is 1330. The number of aliphatic carboxylic acids is 1. The van der Waals surface area contributed by atoms with E-state index < -0.39 is 29.2 Å². The quantitative estimate of drug-likeness (QED) is 0.0946. The van der Waals surface area contributed by atoms with Gasteiger partial charge < -0.3 is 30.7 Å². The van der Waals surface area contributed by atoms with E-state index in [9.17, 15) is 29.1 Å². The van der Waals surface area contributed by atoms with Gasteiger partial charge in [-0.05, 0) is 6.07 Å². The van der Waals surface area contributed by atoms with Crippen molar-refractivity contribution < 1.29 is 38.5 Å². The highest BCUT2D eigenvalue weighted by atomic mass is 32.2. The second-order valence-electron chi connectivity index (χ2n) is 7.55. The molecule has 4 rings (SSSR count). The third-order valence-electron chi connectivity index (χ3n) is 5.31. The maximum Gasteiger partial charge on any atom is 0.276 e. The molecule has 4 heterocycles. The minimum Gasteiger partial charge on any atom is -0.543 e. The molecule has 1 saturated heterocycles. The zero-order valence-corrected chi connectivity index (χ0v) is 20.7. The number of carbonyl (C=O) groups excluding carboxylic acids is 5. The van der Waals surface area contributed by atoms with E-state index in [-0.39, 0.29) is 34.5 Å². The number of carboxylic acids is 1. The molecule has 3 N–H and O–H groups in total. The Labute approximate surface area is 217 Å². The highest BCUT2D eigenvalue weighted by Gasteiger charge is 2.53. The largest absolute Gasteiger partial charge is 0.543 e. The van der Waals surface area contributed by atoms with Gasteiger partial charge in [0.05, 0.1) is 11.7 Å². The number of amides is 4. The fraction of sp³-hybridized carbons (Fsp3) is 0.238. The number of thiazole rings is 1. The summed E-state index contributed by atoms with van der Waals surface area (Å²) in [4.78, 5) is 69.2. The Morgan fingerprint density at radius 1 is 1.35 bits per heavy atom. The lowest BCUT2D eigenvalue weighted by molar-refractivity contribution is -0.688. The molecule has 0 saturated carbocycles. The number of rotatable bonds is 11. The minimum absolute atomic E-state index is 0.120. The molecule has 1 unspecified atom stereocenters. The second-order valence-corrected chi connectivity index (χ2v) is 9.51. The molecule has 0 bridgehead atoms. The van der Waals surface area contributed by atoms with Gasteiger partial charge >= 0.3 is 0 Å². The zero-order valence-electron chi connectivity index (χ0n) is 19.1. The summed E-state index contributed by atoms with van der Waals surface area (Å²) in [6.45, 7) is 0.143. The van der Waals surface area contributed by atoms with Crippen molar-refractivity contribution in [1.29, 1.82) is 0 Å². The predicted molar refractivity (Wildman–Crippen MR) is 129 cm³/mol. The second kappa shape index (κ2) is 11.2. The van der Waals surface area contributed by atoms with Gasteiger partial charge in [0.25, 0.3) is 11.8 Å². The van der Waals surface area contributed by atoms with Gasteiger partial charge in [-0.3, -0.25) is 24.1 Å². The number of fused-ring (bicyclic) bond motifs is 1. The SMILES string of the molecule is CON=C(C(=O)NC1C(=O)N2C(C(=O)[O-])=C(C[n+]3cccc(NC=O)c3)CS[C@@H]12)c1csc(NC=O)n1. The van der Waals surface area contributed by atoms with E-state index in [1.54, 1.807) is 29.1 Å². The Hall–Kier alpha value is -4.31. The molecule has 2 aromatic heterocycles. The Kier molecular flexibility index (Phi) is 7.78. The van der Waals surface area contributed by atoms with Crippen LogP contribution in [0.15, 0.2) is 46.3 Å². The van der Waals surface area contributed by atoms with Crippen LogP contribution in [0.4, 0.5) is 10.8 Å². The van der Waals surface area contributed by atoms with Crippen molar-refractivity contribution in [2.45, 2.75) is 18.0 Å². The van der Waals surface area contributed by atoms with Crippen LogP contribution >= 0.6 is 23.1 Å². The molecule has 2 aromatic rings. The van der Waals surface area contributed by atoms with Crippen LogP contribution in [-0.4, -0.2) is 70.5 Å². The molecule has 2 atom stereocenters. The number of oxime groups is 1. The third kappa shape index (κ3) is 5.29. The first-order valence-electron chi connectivity index (χ1n) is 10.5. The molecule has 2 aliphatic heterocycles. The van der Waals surface area contributed by atoms with Gasteiger partial charge in [0.1, 0.15) is 29.9 Å². The highest BCUT2D eigenvalue weighted by Crippen LogP contribution is 2.40. The fourth-order valence-electron chi connectivity index (χ4n) is 3.79. The molecular formula is C21H19N7O7S2. The number of aromatic nitrogens is 2. The molecule has 0 aliphatic carbocycles. The van der Waals surface area contributed by atoms with E-state index in [0.29, 0.717) is 24.1 Å². The molecule has 2 aliphatic rings. The first-order valence-corrected chi connectivity index (χ1v) is 12.5. The minimum atomic E-state index is -1.51. The summed E-state index contributed by atoms with van der Waals surface area (Å²) in [5, 5.41) is 24.2. The van der Waals surface area contributed by atoms with E-state index in [4.69, 9.17) is 4.84 Å². The molecule has 37 heavy (non-hydrogen) atoms. The zero-order chi connectivity index (χ0) is 26.5. The number of nitrogens with zero attached hydrogens (tertiary/aromatic N) is 4. The molecule has 14 nitrogen and oxygen atoms in total. The van der Waals surface area contributed by atoms with Gasteiger partial charge in [0.15, 0.2) is 29.8 Å². The van der Waals surface area contributed by atoms with E-state index in [2.05, 4.69) is 26.1 Å². The van der Waals surface area contributed by atoms with Crippen molar-refractivity contribution in [3.8, 4) is 0 Å². The molecule has 0 spiro atoms. The van der Waals surface area contributed by atoms with Gasteiger partial charge in [-0.25, -0.2) is 4.98 Å². The van der Waals surface area contributed by atoms with Gasteiger partial charge in [-0.1, -0.05) is 5.16 Å². The number of carboxylic acid groups (broad SMARTS) is 1. The molecular weight excluding hydrogens is 526 g/mol. The van der Waals surface area contributed by atoms with Crippen molar-refractivity contribution in [2.75, 3.05) is 23.5 Å². The number of nitrogens with one attached hydrogen (secondary N) is 3. The summed E-state index contributed by atoms with van der Waals surface area (Å²) in [5.41, 5.74) is 0.595. The summed E-state index contributed by atoms with van der Waals surface area (Å²) in [7, 11) is 1.23. The number of β-lactam (4-membered cyclic amide) rings is 1. The number of carbonyl (C=O) groups is 5. The van der Waals surface area contributed by atoms with Crippen LogP contribution in [0.1, 0.15) is 5.69 Å². The van der Waals surface area contributed by atoms with Gasteiger partial charge in [-0.2, -0.15) is 4.57 Å². The van der Waals surface area contributed by atoms with Crippen LogP contribution in [0, 0.1) is 0 Å². The average Bonchev–Trinajstić information content (AvgIpc) is 3.34. The van der Waals surface area contributed by atoms with Gasteiger partial charge in [0.2, 0.25) is 12.8 Å². The van der Waals surface area contributed by atoms with Crippen molar-refractivity contribution in [3.63, 3.8) is 0 Å². The van der Waals surface area contributed by atoms with Crippen LogP contribution in [-0.2, 0) is 35.4 Å². The highest BCUT2D eigenvalue weighted by molar-refractivity contribution is 8.00. The number of hydrogen-bond acceptors (Lipinski definition) is 11. The first-order chi connectivity index (χ1) is 17.9. The van der Waals surface area contributed by atoms with E-state index in [1.807, 2.05) is 0 Å². The Morgan fingerprint density at radius 3 is 2.84 bits per heavy atom. The van der Waals surface area contributed by atoms with Crippen LogP contribution in [0.3, 0.4) is 0 Å². The molecule has 0 aromatic carbocycles. The van der Waals surface area contributed by atoms with Crippen LogP contribution in [0.5, 0.6) is 0 Å².